The third kappa shape index (κ3) is 3.13. The summed E-state index contributed by atoms with van der Waals surface area (Å²) in [5, 5.41) is 6.20. The molecular weight excluding hydrogens is 350 g/mol. The number of ether oxygens (including phenoxy) is 1. The highest BCUT2D eigenvalue weighted by atomic mass is 32.2. The predicted molar refractivity (Wildman–Crippen MR) is 104 cm³/mol. The van der Waals surface area contributed by atoms with Crippen molar-refractivity contribution in [3.05, 3.63) is 12.3 Å². The Kier molecular flexibility index (Phi) is 4.96. The van der Waals surface area contributed by atoms with Crippen LogP contribution in [0.3, 0.4) is 0 Å². The van der Waals surface area contributed by atoms with Crippen molar-refractivity contribution in [1.29, 1.82) is 0 Å². The Morgan fingerprint density at radius 1 is 1.54 bits per heavy atom. The average molecular weight is 378 g/mol. The highest BCUT2D eigenvalue weighted by Gasteiger charge is 2.63. The van der Waals surface area contributed by atoms with Crippen LogP contribution in [0.15, 0.2) is 12.3 Å². The lowest BCUT2D eigenvalue weighted by atomic mass is 9.73. The summed E-state index contributed by atoms with van der Waals surface area (Å²) in [5.41, 5.74) is -0.0861. The number of anilines is 2. The highest BCUT2D eigenvalue weighted by molar-refractivity contribution is 7.99. The molecule has 0 aromatic carbocycles. The summed E-state index contributed by atoms with van der Waals surface area (Å²) in [7, 11) is 1.86. The minimum atomic E-state index is -0.0861. The van der Waals surface area contributed by atoms with Gasteiger partial charge >= 0.3 is 0 Å². The average Bonchev–Trinajstić information content (AvgIpc) is 3.33. The summed E-state index contributed by atoms with van der Waals surface area (Å²) in [4.78, 5) is 23.3. The molecule has 0 unspecified atom stereocenters. The first kappa shape index (κ1) is 17.9. The molecule has 3 saturated heterocycles. The fourth-order valence-corrected chi connectivity index (χ4v) is 5.22. The monoisotopic (exact) mass is 377 g/mol. The fraction of sp³-hybridized carbons (Fsp3) is 0.722. The van der Waals surface area contributed by atoms with E-state index in [1.807, 2.05) is 13.1 Å². The number of rotatable bonds is 7. The van der Waals surface area contributed by atoms with Gasteiger partial charge in [-0.05, 0) is 24.7 Å². The van der Waals surface area contributed by atoms with Gasteiger partial charge in [0.05, 0.1) is 24.0 Å². The smallest absolute Gasteiger partial charge is 0.230 e. The van der Waals surface area contributed by atoms with Gasteiger partial charge in [-0.25, -0.2) is 4.98 Å². The number of hydrogen-bond acceptors (Lipinski definition) is 7. The van der Waals surface area contributed by atoms with E-state index in [9.17, 15) is 4.79 Å². The van der Waals surface area contributed by atoms with Crippen LogP contribution < -0.4 is 15.5 Å². The Bertz CT molecular complexity index is 675. The molecule has 0 radical (unpaired) electrons. The summed E-state index contributed by atoms with van der Waals surface area (Å²) >= 11 is 1.66. The van der Waals surface area contributed by atoms with E-state index in [2.05, 4.69) is 32.4 Å². The summed E-state index contributed by atoms with van der Waals surface area (Å²) in [6.07, 6.45) is 4.26. The fourth-order valence-electron chi connectivity index (χ4n) is 4.73. The van der Waals surface area contributed by atoms with E-state index >= 15 is 0 Å². The molecule has 2 bridgehead atoms. The summed E-state index contributed by atoms with van der Waals surface area (Å²) in [5.74, 6) is 4.05. The molecule has 1 amide bonds. The van der Waals surface area contributed by atoms with E-state index in [0.29, 0.717) is 24.1 Å². The summed E-state index contributed by atoms with van der Waals surface area (Å²) < 4.78 is 6.45. The van der Waals surface area contributed by atoms with E-state index in [0.717, 1.165) is 43.5 Å². The van der Waals surface area contributed by atoms with Crippen molar-refractivity contribution < 1.29 is 9.53 Å². The number of amides is 1. The first-order valence-corrected chi connectivity index (χ1v) is 10.6. The molecule has 7 nitrogen and oxygen atoms in total. The number of nitrogens with zero attached hydrogens (tertiary/aromatic N) is 3. The Hall–Kier alpha value is -1.54. The van der Waals surface area contributed by atoms with Gasteiger partial charge in [0.2, 0.25) is 11.9 Å². The number of nitrogens with one attached hydrogen (secondary N) is 2. The van der Waals surface area contributed by atoms with Crippen LogP contribution >= 0.6 is 11.8 Å². The SMILES string of the molecule is CCSCC(=O)NC[C@H]1[C@H]2CN(c3nccc(NC)n3)C[C@]23CC[C@H]1O3. The summed E-state index contributed by atoms with van der Waals surface area (Å²) in [6.45, 7) is 4.53. The van der Waals surface area contributed by atoms with E-state index in [-0.39, 0.29) is 17.6 Å². The lowest BCUT2D eigenvalue weighted by Crippen LogP contribution is -2.42. The number of thioether (sulfide) groups is 1. The maximum absolute atomic E-state index is 12.0. The lowest BCUT2D eigenvalue weighted by molar-refractivity contribution is -0.118. The zero-order valence-corrected chi connectivity index (χ0v) is 16.2. The maximum atomic E-state index is 12.0. The molecule has 4 heterocycles. The molecule has 2 N–H and O–H groups in total. The van der Waals surface area contributed by atoms with E-state index in [1.54, 1.807) is 18.0 Å². The van der Waals surface area contributed by atoms with E-state index in [1.165, 1.54) is 0 Å². The van der Waals surface area contributed by atoms with Crippen molar-refractivity contribution in [3.63, 3.8) is 0 Å². The Labute approximate surface area is 158 Å². The Balaban J connectivity index is 1.43. The molecule has 4 rings (SSSR count). The van der Waals surface area contributed by atoms with Gasteiger partial charge in [0.1, 0.15) is 5.82 Å². The molecular formula is C18H27N5O2S. The van der Waals surface area contributed by atoms with Gasteiger partial charge in [0.25, 0.3) is 0 Å². The van der Waals surface area contributed by atoms with Gasteiger partial charge in [0, 0.05) is 38.2 Å². The van der Waals surface area contributed by atoms with Crippen LogP contribution in [0, 0.1) is 11.8 Å². The van der Waals surface area contributed by atoms with E-state index in [4.69, 9.17) is 4.74 Å². The molecule has 142 valence electrons. The second kappa shape index (κ2) is 7.23. The molecule has 1 aromatic rings. The topological polar surface area (TPSA) is 79.4 Å². The second-order valence-corrected chi connectivity index (χ2v) is 8.62. The first-order valence-electron chi connectivity index (χ1n) is 9.43. The van der Waals surface area contributed by atoms with Crippen molar-refractivity contribution in [2.75, 3.05) is 48.4 Å². The normalized spacial score (nSPS) is 31.9. The number of aromatic nitrogens is 2. The quantitative estimate of drug-likeness (QED) is 0.743. The van der Waals surface area contributed by atoms with Gasteiger partial charge in [-0.3, -0.25) is 4.79 Å². The molecule has 0 saturated carbocycles. The predicted octanol–water partition coefficient (Wildman–Crippen LogP) is 1.37. The van der Waals surface area contributed by atoms with Crippen LogP contribution in [0.25, 0.3) is 0 Å². The minimum Gasteiger partial charge on any atom is -0.373 e. The van der Waals surface area contributed by atoms with Crippen molar-refractivity contribution in [2.45, 2.75) is 31.5 Å². The first-order chi connectivity index (χ1) is 12.6. The summed E-state index contributed by atoms with van der Waals surface area (Å²) in [6, 6.07) is 1.87. The van der Waals surface area contributed by atoms with Gasteiger partial charge < -0.3 is 20.3 Å². The number of hydrogen-bond donors (Lipinski definition) is 2. The molecule has 26 heavy (non-hydrogen) atoms. The standard InChI is InChI=1S/C18H27N5O2S/c1-3-26-10-16(24)21-8-12-13-9-23(11-18(13)6-4-14(12)25-18)17-20-7-5-15(19-2)22-17/h5,7,12-14H,3-4,6,8-11H2,1-2H3,(H,21,24)(H,19,20,22)/t12-,13+,14+,18+/m0/s1. The molecule has 3 fully saturated rings. The Morgan fingerprint density at radius 2 is 2.42 bits per heavy atom. The van der Waals surface area contributed by atoms with Crippen molar-refractivity contribution in [3.8, 4) is 0 Å². The number of carbonyl (C=O) groups is 1. The van der Waals surface area contributed by atoms with Crippen LogP contribution in [0.1, 0.15) is 19.8 Å². The van der Waals surface area contributed by atoms with Gasteiger partial charge in [-0.2, -0.15) is 16.7 Å². The number of carbonyl (C=O) groups excluding carboxylic acids is 1. The van der Waals surface area contributed by atoms with Gasteiger partial charge in [-0.1, -0.05) is 6.92 Å². The third-order valence-electron chi connectivity index (χ3n) is 5.94. The Morgan fingerprint density at radius 3 is 3.23 bits per heavy atom. The van der Waals surface area contributed by atoms with Crippen LogP contribution in [0.2, 0.25) is 0 Å². The van der Waals surface area contributed by atoms with Crippen LogP contribution in [0.5, 0.6) is 0 Å². The van der Waals surface area contributed by atoms with Gasteiger partial charge in [0.15, 0.2) is 0 Å². The van der Waals surface area contributed by atoms with Gasteiger partial charge in [-0.15, -0.1) is 0 Å². The van der Waals surface area contributed by atoms with Crippen LogP contribution in [0.4, 0.5) is 11.8 Å². The molecule has 4 atom stereocenters. The number of fused-ring (bicyclic) bond motifs is 1. The second-order valence-electron chi connectivity index (χ2n) is 7.34. The zero-order valence-electron chi connectivity index (χ0n) is 15.4. The highest BCUT2D eigenvalue weighted by Crippen LogP contribution is 2.54. The minimum absolute atomic E-state index is 0.0861. The maximum Gasteiger partial charge on any atom is 0.230 e. The van der Waals surface area contributed by atoms with Crippen LogP contribution in [-0.4, -0.2) is 65.8 Å². The molecule has 1 spiro atoms. The largest absolute Gasteiger partial charge is 0.373 e. The molecule has 8 heteroatoms. The molecule has 0 aliphatic carbocycles. The van der Waals surface area contributed by atoms with Crippen LogP contribution in [-0.2, 0) is 9.53 Å². The third-order valence-corrected chi connectivity index (χ3v) is 6.81. The molecule has 1 aromatic heterocycles. The molecule has 3 aliphatic rings. The van der Waals surface area contributed by atoms with Crippen molar-refractivity contribution >= 4 is 29.4 Å². The lowest BCUT2D eigenvalue weighted by Gasteiger charge is -2.29. The van der Waals surface area contributed by atoms with Crippen molar-refractivity contribution in [2.24, 2.45) is 11.8 Å². The van der Waals surface area contributed by atoms with Crippen molar-refractivity contribution in [1.82, 2.24) is 15.3 Å². The zero-order chi connectivity index (χ0) is 18.1. The molecule has 3 aliphatic heterocycles. The van der Waals surface area contributed by atoms with E-state index < -0.39 is 0 Å².